The number of rotatable bonds is 4. The molecular formula is C20H20FN3OS. The van der Waals surface area contributed by atoms with E-state index in [1.165, 1.54) is 21.8 Å². The lowest BCUT2D eigenvalue weighted by atomic mass is 9.97. The third kappa shape index (κ3) is 3.92. The number of fused-ring (bicyclic) bond motifs is 1. The number of carbonyl (C=O) groups is 1. The number of nitrogens with one attached hydrogen (secondary N) is 1. The molecule has 4 rings (SSSR count). The van der Waals surface area contributed by atoms with Crippen molar-refractivity contribution in [1.82, 2.24) is 9.88 Å². The summed E-state index contributed by atoms with van der Waals surface area (Å²) in [5.41, 5.74) is 1.57. The van der Waals surface area contributed by atoms with Gasteiger partial charge in [0.05, 0.1) is 21.8 Å². The van der Waals surface area contributed by atoms with E-state index >= 15 is 0 Å². The Kier molecular flexibility index (Phi) is 4.95. The van der Waals surface area contributed by atoms with Gasteiger partial charge in [-0.25, -0.2) is 9.37 Å². The predicted octanol–water partition coefficient (Wildman–Crippen LogP) is 4.25. The molecule has 134 valence electrons. The SMILES string of the molecule is O=C(CN1CCC(c2nc3ccccc3s2)CC1)Nc1cccc(F)c1. The number of thiazole rings is 1. The zero-order chi connectivity index (χ0) is 17.9. The van der Waals surface area contributed by atoms with Crippen LogP contribution in [0.3, 0.4) is 0 Å². The number of benzene rings is 2. The minimum absolute atomic E-state index is 0.103. The van der Waals surface area contributed by atoms with Crippen molar-refractivity contribution in [3.63, 3.8) is 0 Å². The van der Waals surface area contributed by atoms with Crippen LogP contribution in [0, 0.1) is 5.82 Å². The summed E-state index contributed by atoms with van der Waals surface area (Å²) in [6, 6.07) is 14.2. The van der Waals surface area contributed by atoms with Gasteiger partial charge in [0.15, 0.2) is 0 Å². The molecule has 0 spiro atoms. The molecule has 1 fully saturated rings. The van der Waals surface area contributed by atoms with Crippen LogP contribution in [0.5, 0.6) is 0 Å². The molecule has 1 aliphatic heterocycles. The molecule has 26 heavy (non-hydrogen) atoms. The standard InChI is InChI=1S/C20H20FN3OS/c21-15-4-3-5-16(12-15)22-19(25)13-24-10-8-14(9-11-24)20-23-17-6-1-2-7-18(17)26-20/h1-7,12,14H,8-11,13H2,(H,22,25). The second-order valence-electron chi connectivity index (χ2n) is 6.63. The maximum atomic E-state index is 13.2. The van der Waals surface area contributed by atoms with Crippen molar-refractivity contribution < 1.29 is 9.18 Å². The van der Waals surface area contributed by atoms with Crippen molar-refractivity contribution in [1.29, 1.82) is 0 Å². The molecule has 0 saturated carbocycles. The smallest absolute Gasteiger partial charge is 0.238 e. The first-order chi connectivity index (χ1) is 12.7. The molecule has 0 unspecified atom stereocenters. The number of halogens is 1. The van der Waals surface area contributed by atoms with E-state index in [0.717, 1.165) is 31.4 Å². The van der Waals surface area contributed by atoms with Gasteiger partial charge in [-0.3, -0.25) is 9.69 Å². The average Bonchev–Trinajstić information content (AvgIpc) is 3.06. The number of likely N-dealkylation sites (tertiary alicyclic amines) is 1. The zero-order valence-electron chi connectivity index (χ0n) is 14.3. The van der Waals surface area contributed by atoms with Gasteiger partial charge in [0, 0.05) is 11.6 Å². The molecule has 1 saturated heterocycles. The van der Waals surface area contributed by atoms with Crippen molar-refractivity contribution in [2.45, 2.75) is 18.8 Å². The molecule has 1 aromatic heterocycles. The van der Waals surface area contributed by atoms with Gasteiger partial charge >= 0.3 is 0 Å². The first-order valence-corrected chi connectivity index (χ1v) is 9.62. The number of amides is 1. The zero-order valence-corrected chi connectivity index (χ0v) is 15.1. The van der Waals surface area contributed by atoms with Crippen LogP contribution in [0.2, 0.25) is 0 Å². The normalized spacial score (nSPS) is 16.0. The largest absolute Gasteiger partial charge is 0.325 e. The molecule has 0 bridgehead atoms. The van der Waals surface area contributed by atoms with Gasteiger partial charge in [0.2, 0.25) is 5.91 Å². The minimum Gasteiger partial charge on any atom is -0.325 e. The van der Waals surface area contributed by atoms with Crippen LogP contribution >= 0.6 is 11.3 Å². The van der Waals surface area contributed by atoms with Crippen molar-refractivity contribution in [3.05, 3.63) is 59.4 Å². The second-order valence-corrected chi connectivity index (χ2v) is 7.69. The maximum absolute atomic E-state index is 13.2. The highest BCUT2D eigenvalue weighted by Gasteiger charge is 2.24. The van der Waals surface area contributed by atoms with Crippen LogP contribution in [-0.2, 0) is 4.79 Å². The minimum atomic E-state index is -0.348. The molecule has 1 N–H and O–H groups in total. The first-order valence-electron chi connectivity index (χ1n) is 8.80. The Morgan fingerprint density at radius 1 is 1.19 bits per heavy atom. The van der Waals surface area contributed by atoms with Crippen LogP contribution < -0.4 is 5.32 Å². The van der Waals surface area contributed by atoms with E-state index in [2.05, 4.69) is 22.3 Å². The Morgan fingerprint density at radius 2 is 2.00 bits per heavy atom. The van der Waals surface area contributed by atoms with Crippen LogP contribution in [-0.4, -0.2) is 35.4 Å². The Morgan fingerprint density at radius 3 is 2.77 bits per heavy atom. The Bertz CT molecular complexity index is 885. The highest BCUT2D eigenvalue weighted by Crippen LogP contribution is 2.33. The Balaban J connectivity index is 1.31. The number of hydrogen-bond acceptors (Lipinski definition) is 4. The van der Waals surface area contributed by atoms with Crippen LogP contribution in [0.15, 0.2) is 48.5 Å². The molecule has 2 aromatic carbocycles. The molecule has 0 aliphatic carbocycles. The average molecular weight is 369 g/mol. The summed E-state index contributed by atoms with van der Waals surface area (Å²) >= 11 is 1.78. The number of aromatic nitrogens is 1. The lowest BCUT2D eigenvalue weighted by Gasteiger charge is -2.30. The summed E-state index contributed by atoms with van der Waals surface area (Å²) in [6.07, 6.45) is 2.01. The second kappa shape index (κ2) is 7.51. The summed E-state index contributed by atoms with van der Waals surface area (Å²) in [5, 5.41) is 3.96. The molecule has 6 heteroatoms. The predicted molar refractivity (Wildman–Crippen MR) is 103 cm³/mol. The summed E-state index contributed by atoms with van der Waals surface area (Å²) < 4.78 is 14.4. The number of piperidine rings is 1. The lowest BCUT2D eigenvalue weighted by molar-refractivity contribution is -0.117. The van der Waals surface area contributed by atoms with Gasteiger partial charge in [0.1, 0.15) is 5.82 Å². The third-order valence-electron chi connectivity index (χ3n) is 4.72. The van der Waals surface area contributed by atoms with Crippen LogP contribution in [0.1, 0.15) is 23.8 Å². The van der Waals surface area contributed by atoms with E-state index in [-0.39, 0.29) is 11.7 Å². The quantitative estimate of drug-likeness (QED) is 0.748. The number of hydrogen-bond donors (Lipinski definition) is 1. The van der Waals surface area contributed by atoms with Gasteiger partial charge in [-0.1, -0.05) is 18.2 Å². The number of carbonyl (C=O) groups excluding carboxylic acids is 1. The Labute approximate surface area is 155 Å². The Hall–Kier alpha value is -2.31. The monoisotopic (exact) mass is 369 g/mol. The number of anilines is 1. The molecule has 4 nitrogen and oxygen atoms in total. The van der Waals surface area contributed by atoms with E-state index in [9.17, 15) is 9.18 Å². The molecule has 0 atom stereocenters. The van der Waals surface area contributed by atoms with Crippen LogP contribution in [0.4, 0.5) is 10.1 Å². The first kappa shape index (κ1) is 17.1. The van der Waals surface area contributed by atoms with Crippen molar-refractivity contribution in [2.75, 3.05) is 25.0 Å². The summed E-state index contributed by atoms with van der Waals surface area (Å²) in [5.74, 6) is 0.0171. The van der Waals surface area contributed by atoms with E-state index in [0.29, 0.717) is 18.2 Å². The van der Waals surface area contributed by atoms with Crippen molar-refractivity contribution in [3.8, 4) is 0 Å². The molecule has 1 amide bonds. The van der Waals surface area contributed by atoms with Gasteiger partial charge < -0.3 is 5.32 Å². The maximum Gasteiger partial charge on any atom is 0.238 e. The van der Waals surface area contributed by atoms with E-state index in [1.807, 2.05) is 12.1 Å². The molecule has 0 radical (unpaired) electrons. The fourth-order valence-electron chi connectivity index (χ4n) is 3.37. The highest BCUT2D eigenvalue weighted by atomic mass is 32.1. The van der Waals surface area contributed by atoms with Gasteiger partial charge in [-0.2, -0.15) is 0 Å². The van der Waals surface area contributed by atoms with E-state index in [1.54, 1.807) is 23.5 Å². The highest BCUT2D eigenvalue weighted by molar-refractivity contribution is 7.18. The van der Waals surface area contributed by atoms with Crippen LogP contribution in [0.25, 0.3) is 10.2 Å². The number of para-hydroxylation sites is 1. The van der Waals surface area contributed by atoms with Gasteiger partial charge in [-0.05, 0) is 56.3 Å². The summed E-state index contributed by atoms with van der Waals surface area (Å²) in [7, 11) is 0. The van der Waals surface area contributed by atoms with E-state index in [4.69, 9.17) is 4.98 Å². The topological polar surface area (TPSA) is 45.2 Å². The van der Waals surface area contributed by atoms with Crippen molar-refractivity contribution >= 4 is 33.1 Å². The fraction of sp³-hybridized carbons (Fsp3) is 0.300. The fourth-order valence-corrected chi connectivity index (χ4v) is 4.51. The van der Waals surface area contributed by atoms with Gasteiger partial charge in [-0.15, -0.1) is 11.3 Å². The third-order valence-corrected chi connectivity index (χ3v) is 5.92. The lowest BCUT2D eigenvalue weighted by Crippen LogP contribution is -2.38. The molecule has 1 aliphatic rings. The van der Waals surface area contributed by atoms with E-state index < -0.39 is 0 Å². The summed E-state index contributed by atoms with van der Waals surface area (Å²) in [4.78, 5) is 19.1. The molecular weight excluding hydrogens is 349 g/mol. The number of nitrogens with zero attached hydrogens (tertiary/aromatic N) is 2. The van der Waals surface area contributed by atoms with Crippen molar-refractivity contribution in [2.24, 2.45) is 0 Å². The summed E-state index contributed by atoms with van der Waals surface area (Å²) in [6.45, 7) is 2.08. The molecule has 2 heterocycles. The molecule has 3 aromatic rings. The van der Waals surface area contributed by atoms with Gasteiger partial charge in [0.25, 0.3) is 0 Å².